The third-order valence-electron chi connectivity index (χ3n) is 4.24. The standard InChI is InChI=1S/C15H18ClF3N2O4S/c1-25-26(23,24)8-9-2-4-11(5-3-9)21-14(22)12-6-10(16)7-20-13(12)15(17,18)19/h6-7,9,11H,2-5,8H2,1H3,(H,21,22)/t9-,11-. The van der Waals surface area contributed by atoms with E-state index in [2.05, 4.69) is 14.5 Å². The summed E-state index contributed by atoms with van der Waals surface area (Å²) in [6, 6.07) is 0.591. The van der Waals surface area contributed by atoms with Crippen molar-refractivity contribution < 1.29 is 30.6 Å². The largest absolute Gasteiger partial charge is 0.434 e. The molecule has 1 aliphatic rings. The summed E-state index contributed by atoms with van der Waals surface area (Å²) < 4.78 is 66.4. The van der Waals surface area contributed by atoms with Gasteiger partial charge in [-0.15, -0.1) is 0 Å². The monoisotopic (exact) mass is 414 g/mol. The van der Waals surface area contributed by atoms with E-state index in [-0.39, 0.29) is 22.7 Å². The van der Waals surface area contributed by atoms with Gasteiger partial charge < -0.3 is 5.32 Å². The van der Waals surface area contributed by atoms with Crippen LogP contribution in [0, 0.1) is 5.92 Å². The first kappa shape index (κ1) is 20.9. The maximum Gasteiger partial charge on any atom is 0.434 e. The number of nitrogens with one attached hydrogen (secondary N) is 1. The molecule has 0 spiro atoms. The normalized spacial score (nSPS) is 21.4. The molecule has 2 rings (SSSR count). The van der Waals surface area contributed by atoms with Crippen LogP contribution in [0.1, 0.15) is 41.7 Å². The first-order valence-electron chi connectivity index (χ1n) is 7.83. The summed E-state index contributed by atoms with van der Waals surface area (Å²) in [6.45, 7) is 0. The van der Waals surface area contributed by atoms with Crippen LogP contribution in [0.2, 0.25) is 5.02 Å². The van der Waals surface area contributed by atoms with Crippen LogP contribution in [0.4, 0.5) is 13.2 Å². The van der Waals surface area contributed by atoms with Crippen LogP contribution >= 0.6 is 11.6 Å². The van der Waals surface area contributed by atoms with Gasteiger partial charge in [0.2, 0.25) is 0 Å². The summed E-state index contributed by atoms with van der Waals surface area (Å²) in [6.07, 6.45) is -1.97. The van der Waals surface area contributed by atoms with Crippen molar-refractivity contribution in [3.8, 4) is 0 Å². The third kappa shape index (κ3) is 5.55. The predicted molar refractivity (Wildman–Crippen MR) is 88.3 cm³/mol. The van der Waals surface area contributed by atoms with Gasteiger partial charge in [-0.1, -0.05) is 11.6 Å². The molecule has 0 bridgehead atoms. The minimum Gasteiger partial charge on any atom is -0.349 e. The maximum atomic E-state index is 13.0. The van der Waals surface area contributed by atoms with Crippen LogP contribution in [0.25, 0.3) is 0 Å². The molecule has 146 valence electrons. The Morgan fingerprint density at radius 3 is 2.50 bits per heavy atom. The quantitative estimate of drug-likeness (QED) is 0.748. The number of alkyl halides is 3. The Morgan fingerprint density at radius 1 is 1.35 bits per heavy atom. The summed E-state index contributed by atoms with van der Waals surface area (Å²) in [5, 5.41) is 2.48. The lowest BCUT2D eigenvalue weighted by molar-refractivity contribution is -0.141. The Balaban J connectivity index is 2.01. The summed E-state index contributed by atoms with van der Waals surface area (Å²) in [4.78, 5) is 15.5. The van der Waals surface area contributed by atoms with Gasteiger partial charge in [-0.3, -0.25) is 8.98 Å². The zero-order chi connectivity index (χ0) is 19.5. The summed E-state index contributed by atoms with van der Waals surface area (Å²) >= 11 is 5.67. The number of amides is 1. The predicted octanol–water partition coefficient (Wildman–Crippen LogP) is 3.02. The zero-order valence-corrected chi connectivity index (χ0v) is 15.4. The number of pyridine rings is 1. The van der Waals surface area contributed by atoms with E-state index in [1.165, 1.54) is 0 Å². The van der Waals surface area contributed by atoms with Gasteiger partial charge in [0.05, 0.1) is 23.4 Å². The lowest BCUT2D eigenvalue weighted by atomic mass is 9.87. The molecular formula is C15H18ClF3N2O4S. The van der Waals surface area contributed by atoms with E-state index >= 15 is 0 Å². The molecule has 11 heteroatoms. The van der Waals surface area contributed by atoms with Crippen molar-refractivity contribution in [3.05, 3.63) is 28.5 Å². The van der Waals surface area contributed by atoms with Crippen LogP contribution in [0.5, 0.6) is 0 Å². The molecule has 0 atom stereocenters. The van der Waals surface area contributed by atoms with Crippen LogP contribution in [-0.2, 0) is 20.5 Å². The third-order valence-corrected chi connectivity index (χ3v) is 5.84. The van der Waals surface area contributed by atoms with Crippen molar-refractivity contribution in [3.63, 3.8) is 0 Å². The highest BCUT2D eigenvalue weighted by molar-refractivity contribution is 7.86. The molecule has 0 unspecified atom stereocenters. The van der Waals surface area contributed by atoms with E-state index < -0.39 is 33.5 Å². The van der Waals surface area contributed by atoms with Gasteiger partial charge in [-0.25, -0.2) is 4.98 Å². The lowest BCUT2D eigenvalue weighted by Crippen LogP contribution is -2.39. The highest BCUT2D eigenvalue weighted by atomic mass is 35.5. The van der Waals surface area contributed by atoms with Gasteiger partial charge in [0.1, 0.15) is 0 Å². The number of hydrogen-bond donors (Lipinski definition) is 1. The highest BCUT2D eigenvalue weighted by Gasteiger charge is 2.38. The number of rotatable bonds is 5. The van der Waals surface area contributed by atoms with Crippen LogP contribution in [0.3, 0.4) is 0 Å². The van der Waals surface area contributed by atoms with Gasteiger partial charge in [-0.05, 0) is 37.7 Å². The van der Waals surface area contributed by atoms with E-state index in [0.29, 0.717) is 25.7 Å². The van der Waals surface area contributed by atoms with E-state index in [9.17, 15) is 26.4 Å². The molecule has 1 aromatic heterocycles. The van der Waals surface area contributed by atoms with Gasteiger partial charge in [0, 0.05) is 12.2 Å². The van der Waals surface area contributed by atoms with E-state index in [1.54, 1.807) is 0 Å². The Labute approximate surface area is 154 Å². The minimum absolute atomic E-state index is 0.0726. The number of nitrogens with zero attached hydrogens (tertiary/aromatic N) is 1. The van der Waals surface area contributed by atoms with Gasteiger partial charge in [0.25, 0.3) is 16.0 Å². The number of carbonyl (C=O) groups is 1. The molecule has 1 fully saturated rings. The molecule has 1 saturated carbocycles. The number of carbonyl (C=O) groups excluding carboxylic acids is 1. The van der Waals surface area contributed by atoms with Gasteiger partial charge in [-0.2, -0.15) is 21.6 Å². The van der Waals surface area contributed by atoms with Crippen molar-refractivity contribution in [1.29, 1.82) is 0 Å². The lowest BCUT2D eigenvalue weighted by Gasteiger charge is -2.28. The first-order chi connectivity index (χ1) is 12.0. The first-order valence-corrected chi connectivity index (χ1v) is 9.79. The molecular weight excluding hydrogens is 397 g/mol. The molecule has 26 heavy (non-hydrogen) atoms. The molecule has 1 heterocycles. The highest BCUT2D eigenvalue weighted by Crippen LogP contribution is 2.32. The number of halogens is 4. The van der Waals surface area contributed by atoms with Crippen molar-refractivity contribution in [2.24, 2.45) is 5.92 Å². The van der Waals surface area contributed by atoms with E-state index in [0.717, 1.165) is 19.4 Å². The fourth-order valence-electron chi connectivity index (χ4n) is 2.93. The van der Waals surface area contributed by atoms with Crippen molar-refractivity contribution in [2.45, 2.75) is 37.9 Å². The average molecular weight is 415 g/mol. The molecule has 0 radical (unpaired) electrons. The Hall–Kier alpha value is -1.39. The zero-order valence-electron chi connectivity index (χ0n) is 13.8. The van der Waals surface area contributed by atoms with Gasteiger partial charge >= 0.3 is 6.18 Å². The maximum absolute atomic E-state index is 13.0. The second kappa shape index (κ2) is 8.10. The Kier molecular flexibility index (Phi) is 6.51. The molecule has 1 aromatic rings. The molecule has 0 aromatic carbocycles. The fraction of sp³-hybridized carbons (Fsp3) is 0.600. The fourth-order valence-corrected chi connectivity index (χ4v) is 4.14. The molecule has 1 amide bonds. The summed E-state index contributed by atoms with van der Waals surface area (Å²) in [5.41, 5.74) is -1.92. The molecule has 1 aliphatic carbocycles. The summed E-state index contributed by atoms with van der Waals surface area (Å²) in [7, 11) is -2.47. The molecule has 0 saturated heterocycles. The SMILES string of the molecule is COS(=O)(=O)C[C@H]1CC[C@H](NC(=O)c2cc(Cl)cnc2C(F)(F)F)CC1. The Morgan fingerprint density at radius 2 is 1.96 bits per heavy atom. The second-order valence-electron chi connectivity index (χ2n) is 6.13. The van der Waals surface area contributed by atoms with Crippen LogP contribution in [-0.4, -0.2) is 38.2 Å². The topological polar surface area (TPSA) is 85.4 Å². The van der Waals surface area contributed by atoms with Crippen molar-refractivity contribution >= 4 is 27.6 Å². The van der Waals surface area contributed by atoms with Crippen LogP contribution in [0.15, 0.2) is 12.3 Å². The average Bonchev–Trinajstić information content (AvgIpc) is 2.55. The smallest absolute Gasteiger partial charge is 0.349 e. The molecule has 0 aliphatic heterocycles. The van der Waals surface area contributed by atoms with Crippen LogP contribution < -0.4 is 5.32 Å². The second-order valence-corrected chi connectivity index (χ2v) is 8.35. The Bertz CT molecular complexity index is 763. The molecule has 1 N–H and O–H groups in total. The van der Waals surface area contributed by atoms with Gasteiger partial charge in [0.15, 0.2) is 5.69 Å². The van der Waals surface area contributed by atoms with E-state index in [4.69, 9.17) is 11.6 Å². The van der Waals surface area contributed by atoms with E-state index in [1.807, 2.05) is 0 Å². The molecule has 6 nitrogen and oxygen atoms in total. The van der Waals surface area contributed by atoms with Crippen molar-refractivity contribution in [1.82, 2.24) is 10.3 Å². The van der Waals surface area contributed by atoms with Crippen molar-refractivity contribution in [2.75, 3.05) is 12.9 Å². The number of hydrogen-bond acceptors (Lipinski definition) is 5. The summed E-state index contributed by atoms with van der Waals surface area (Å²) in [5.74, 6) is -1.12. The minimum atomic E-state index is -4.77. The number of aromatic nitrogens is 1.